The number of benzene rings is 3. The average Bonchev–Trinajstić information content (AvgIpc) is 2.76. The molecule has 0 atom stereocenters. The van der Waals surface area contributed by atoms with Crippen LogP contribution in [0.25, 0.3) is 0 Å². The van der Waals surface area contributed by atoms with E-state index in [-0.39, 0.29) is 4.90 Å². The van der Waals surface area contributed by atoms with Crippen molar-refractivity contribution >= 4 is 44.4 Å². The van der Waals surface area contributed by atoms with Crippen LogP contribution in [0.1, 0.15) is 16.7 Å². The molecule has 9 heteroatoms. The lowest BCUT2D eigenvalue weighted by molar-refractivity contribution is 0.395. The number of sulfonamides is 1. The quantitative estimate of drug-likeness (QED) is 0.395. The van der Waals surface area contributed by atoms with E-state index in [0.29, 0.717) is 33.7 Å². The van der Waals surface area contributed by atoms with Gasteiger partial charge in [-0.2, -0.15) is 0 Å². The molecule has 0 unspecified atom stereocenters. The number of aryl methyl sites for hydroxylation is 3. The molecular weight excluding hydrogens is 458 g/mol. The van der Waals surface area contributed by atoms with Gasteiger partial charge >= 0.3 is 0 Å². The van der Waals surface area contributed by atoms with Crippen LogP contribution in [-0.4, -0.2) is 27.7 Å². The van der Waals surface area contributed by atoms with Crippen LogP contribution in [0.5, 0.6) is 11.5 Å². The van der Waals surface area contributed by atoms with Crippen molar-refractivity contribution in [3.05, 3.63) is 71.3 Å². The van der Waals surface area contributed by atoms with Crippen LogP contribution in [0.3, 0.4) is 0 Å². The third-order valence-electron chi connectivity index (χ3n) is 4.95. The van der Waals surface area contributed by atoms with Crippen LogP contribution >= 0.6 is 12.2 Å². The number of hydrogen-bond acceptors (Lipinski definition) is 5. The second kappa shape index (κ2) is 10.1. The lowest BCUT2D eigenvalue weighted by Crippen LogP contribution is -2.19. The van der Waals surface area contributed by atoms with E-state index in [4.69, 9.17) is 21.7 Å². The van der Waals surface area contributed by atoms with Gasteiger partial charge in [0.2, 0.25) is 0 Å². The fourth-order valence-corrected chi connectivity index (χ4v) is 4.86. The molecule has 3 aromatic rings. The Kier molecular flexibility index (Phi) is 7.45. The molecule has 0 aliphatic heterocycles. The van der Waals surface area contributed by atoms with Crippen molar-refractivity contribution in [2.75, 3.05) is 29.6 Å². The van der Waals surface area contributed by atoms with E-state index in [2.05, 4.69) is 15.4 Å². The van der Waals surface area contributed by atoms with E-state index in [9.17, 15) is 8.42 Å². The Morgan fingerprint density at radius 2 is 1.30 bits per heavy atom. The van der Waals surface area contributed by atoms with E-state index in [1.54, 1.807) is 44.6 Å². The minimum Gasteiger partial charge on any atom is -0.497 e. The topological polar surface area (TPSA) is 88.7 Å². The predicted molar refractivity (Wildman–Crippen MR) is 137 cm³/mol. The monoisotopic (exact) mass is 485 g/mol. The van der Waals surface area contributed by atoms with Gasteiger partial charge in [-0.3, -0.25) is 4.72 Å². The summed E-state index contributed by atoms with van der Waals surface area (Å²) in [5.74, 6) is 1.25. The van der Waals surface area contributed by atoms with Gasteiger partial charge in [-0.05, 0) is 68.4 Å². The fourth-order valence-electron chi connectivity index (χ4n) is 3.42. The van der Waals surface area contributed by atoms with Crippen molar-refractivity contribution in [1.29, 1.82) is 0 Å². The first-order valence-corrected chi connectivity index (χ1v) is 12.0. The lowest BCUT2D eigenvalue weighted by Gasteiger charge is -2.15. The fraction of sp³-hybridized carbons (Fsp3) is 0.208. The molecule has 3 aromatic carbocycles. The minimum absolute atomic E-state index is 0.156. The summed E-state index contributed by atoms with van der Waals surface area (Å²) in [5.41, 5.74) is 4.77. The van der Waals surface area contributed by atoms with Gasteiger partial charge in [0.1, 0.15) is 11.5 Å². The van der Waals surface area contributed by atoms with Crippen molar-refractivity contribution in [3.63, 3.8) is 0 Å². The maximum Gasteiger partial charge on any atom is 0.261 e. The Balaban J connectivity index is 1.70. The summed E-state index contributed by atoms with van der Waals surface area (Å²) in [6, 6.07) is 15.6. The zero-order chi connectivity index (χ0) is 24.2. The van der Waals surface area contributed by atoms with Crippen LogP contribution in [0.15, 0.2) is 59.5 Å². The number of rotatable bonds is 7. The number of anilines is 3. The number of hydrogen-bond donors (Lipinski definition) is 3. The summed E-state index contributed by atoms with van der Waals surface area (Å²) in [6.07, 6.45) is 0. The van der Waals surface area contributed by atoms with Gasteiger partial charge in [-0.25, -0.2) is 8.42 Å². The SMILES string of the molecule is COc1cc(NC(=S)Nc2ccc(S(=O)(=O)Nc3c(C)cc(C)cc3C)cc2)cc(OC)c1. The number of nitrogens with one attached hydrogen (secondary N) is 3. The van der Waals surface area contributed by atoms with E-state index in [1.807, 2.05) is 32.9 Å². The Morgan fingerprint density at radius 1 is 0.788 bits per heavy atom. The first-order chi connectivity index (χ1) is 15.6. The summed E-state index contributed by atoms with van der Waals surface area (Å²) < 4.78 is 39.0. The average molecular weight is 486 g/mol. The molecule has 7 nitrogen and oxygen atoms in total. The van der Waals surface area contributed by atoms with Gasteiger partial charge < -0.3 is 20.1 Å². The third-order valence-corrected chi connectivity index (χ3v) is 6.52. The first-order valence-electron chi connectivity index (χ1n) is 10.1. The Labute approximate surface area is 200 Å². The number of thiocarbonyl (C=S) groups is 1. The molecule has 0 saturated heterocycles. The van der Waals surface area contributed by atoms with Gasteiger partial charge in [-0.15, -0.1) is 0 Å². The van der Waals surface area contributed by atoms with Crippen molar-refractivity contribution < 1.29 is 17.9 Å². The summed E-state index contributed by atoms with van der Waals surface area (Å²) in [5, 5.41) is 6.44. The Bertz CT molecular complexity index is 1230. The maximum atomic E-state index is 12.9. The molecule has 3 N–H and O–H groups in total. The molecule has 0 saturated carbocycles. The van der Waals surface area contributed by atoms with E-state index in [0.717, 1.165) is 16.7 Å². The van der Waals surface area contributed by atoms with Gasteiger partial charge in [0.25, 0.3) is 10.0 Å². The zero-order valence-electron chi connectivity index (χ0n) is 19.1. The molecule has 0 amide bonds. The number of ether oxygens (including phenoxy) is 2. The molecule has 0 bridgehead atoms. The van der Waals surface area contributed by atoms with Crippen LogP contribution in [0.4, 0.5) is 17.1 Å². The molecule has 0 aliphatic carbocycles. The van der Waals surface area contributed by atoms with Crippen LogP contribution < -0.4 is 24.8 Å². The van der Waals surface area contributed by atoms with Gasteiger partial charge in [0.05, 0.1) is 24.8 Å². The molecule has 33 heavy (non-hydrogen) atoms. The Morgan fingerprint density at radius 3 is 1.82 bits per heavy atom. The van der Waals surface area contributed by atoms with Gasteiger partial charge in [0, 0.05) is 29.6 Å². The third kappa shape index (κ3) is 6.15. The normalized spacial score (nSPS) is 10.9. The molecule has 0 heterocycles. The zero-order valence-corrected chi connectivity index (χ0v) is 20.8. The van der Waals surface area contributed by atoms with E-state index in [1.165, 1.54) is 12.1 Å². The van der Waals surface area contributed by atoms with Gasteiger partial charge in [0.15, 0.2) is 5.11 Å². The summed E-state index contributed by atoms with van der Waals surface area (Å²) in [4.78, 5) is 0.156. The summed E-state index contributed by atoms with van der Waals surface area (Å²) in [7, 11) is -0.593. The lowest BCUT2D eigenvalue weighted by atomic mass is 10.1. The summed E-state index contributed by atoms with van der Waals surface area (Å²) in [6.45, 7) is 5.75. The summed E-state index contributed by atoms with van der Waals surface area (Å²) >= 11 is 5.37. The van der Waals surface area contributed by atoms with E-state index >= 15 is 0 Å². The number of methoxy groups -OCH3 is 2. The van der Waals surface area contributed by atoms with Gasteiger partial charge in [-0.1, -0.05) is 17.7 Å². The van der Waals surface area contributed by atoms with Crippen LogP contribution in [0.2, 0.25) is 0 Å². The second-order valence-corrected chi connectivity index (χ2v) is 9.67. The van der Waals surface area contributed by atoms with Crippen molar-refractivity contribution in [3.8, 4) is 11.5 Å². The highest BCUT2D eigenvalue weighted by Crippen LogP contribution is 2.27. The largest absolute Gasteiger partial charge is 0.497 e. The standard InChI is InChI=1S/C24H27N3O4S2/c1-15-10-16(2)23(17(3)11-15)27-33(28,29)22-8-6-18(7-9-22)25-24(32)26-19-12-20(30-4)14-21(13-19)31-5/h6-14,27H,1-5H3,(H2,25,26,32). The van der Waals surface area contributed by atoms with Crippen molar-refractivity contribution in [1.82, 2.24) is 0 Å². The van der Waals surface area contributed by atoms with Crippen LogP contribution in [0, 0.1) is 20.8 Å². The molecule has 174 valence electrons. The molecule has 0 aliphatic rings. The molecular formula is C24H27N3O4S2. The molecule has 0 fully saturated rings. The highest BCUT2D eigenvalue weighted by Gasteiger charge is 2.17. The molecule has 3 rings (SSSR count). The molecule has 0 spiro atoms. The smallest absolute Gasteiger partial charge is 0.261 e. The highest BCUT2D eigenvalue weighted by molar-refractivity contribution is 7.92. The second-order valence-electron chi connectivity index (χ2n) is 7.58. The van der Waals surface area contributed by atoms with E-state index < -0.39 is 10.0 Å². The first kappa shape index (κ1) is 24.3. The predicted octanol–water partition coefficient (Wildman–Crippen LogP) is 5.24. The molecule has 0 radical (unpaired) electrons. The highest BCUT2D eigenvalue weighted by atomic mass is 32.2. The van der Waals surface area contributed by atoms with Crippen molar-refractivity contribution in [2.45, 2.75) is 25.7 Å². The van der Waals surface area contributed by atoms with Crippen LogP contribution in [-0.2, 0) is 10.0 Å². The minimum atomic E-state index is -3.73. The maximum absolute atomic E-state index is 12.9. The molecule has 0 aromatic heterocycles. The van der Waals surface area contributed by atoms with Crippen molar-refractivity contribution in [2.24, 2.45) is 0 Å². The Hall–Kier alpha value is -3.30.